The van der Waals surface area contributed by atoms with E-state index >= 15 is 0 Å². The van der Waals surface area contributed by atoms with Gasteiger partial charge in [0, 0.05) is 31.8 Å². The van der Waals surface area contributed by atoms with E-state index in [0.29, 0.717) is 30.1 Å². The number of rotatable bonds is 7. The lowest BCUT2D eigenvalue weighted by Gasteiger charge is -2.10. The third-order valence-electron chi connectivity index (χ3n) is 3.88. The summed E-state index contributed by atoms with van der Waals surface area (Å²) < 4.78 is 5.40. The van der Waals surface area contributed by atoms with Gasteiger partial charge >= 0.3 is 0 Å². The molecule has 2 N–H and O–H groups in total. The first-order valence-corrected chi connectivity index (χ1v) is 8.54. The van der Waals surface area contributed by atoms with Crippen LogP contribution in [0.25, 0.3) is 0 Å². The molecule has 0 aliphatic rings. The number of pyridine rings is 1. The maximum absolute atomic E-state index is 5.78. The van der Waals surface area contributed by atoms with Crippen LogP contribution in [0.1, 0.15) is 49.6 Å². The van der Waals surface area contributed by atoms with Crippen LogP contribution in [-0.2, 0) is 13.1 Å². The predicted molar refractivity (Wildman–Crippen MR) is 96.1 cm³/mol. The number of aliphatic imine (C=N–C) groups is 1. The highest BCUT2D eigenvalue weighted by molar-refractivity contribution is 6.29. The molecule has 130 valence electrons. The molecule has 0 unspecified atom stereocenters. The quantitative estimate of drug-likeness (QED) is 0.454. The molecule has 0 bridgehead atoms. The van der Waals surface area contributed by atoms with Crippen LogP contribution in [0.3, 0.4) is 0 Å². The van der Waals surface area contributed by atoms with Crippen molar-refractivity contribution in [2.45, 2.75) is 45.7 Å². The Hall–Kier alpha value is -2.08. The molecule has 2 heterocycles. The summed E-state index contributed by atoms with van der Waals surface area (Å²) in [6.07, 6.45) is 3.86. The van der Waals surface area contributed by atoms with Gasteiger partial charge in [-0.1, -0.05) is 36.7 Å². The summed E-state index contributed by atoms with van der Waals surface area (Å²) in [6.45, 7) is 5.47. The maximum atomic E-state index is 5.78. The topological polar surface area (TPSA) is 75.3 Å². The Labute approximate surface area is 147 Å². The first kappa shape index (κ1) is 18.3. The van der Waals surface area contributed by atoms with Crippen LogP contribution in [-0.4, -0.2) is 23.1 Å². The molecule has 0 saturated carbocycles. The predicted octanol–water partition coefficient (Wildman–Crippen LogP) is 3.49. The third kappa shape index (κ3) is 5.23. The minimum absolute atomic E-state index is 0.456. The zero-order chi connectivity index (χ0) is 17.4. The van der Waals surface area contributed by atoms with Gasteiger partial charge in [0.25, 0.3) is 0 Å². The molecule has 2 rings (SSSR count). The van der Waals surface area contributed by atoms with E-state index in [4.69, 9.17) is 16.1 Å². The molecule has 0 fully saturated rings. The second kappa shape index (κ2) is 9.27. The van der Waals surface area contributed by atoms with E-state index < -0.39 is 0 Å². The second-order valence-electron chi connectivity index (χ2n) is 5.50. The molecule has 2 aromatic heterocycles. The third-order valence-corrected chi connectivity index (χ3v) is 4.11. The molecule has 0 atom stereocenters. The Kier molecular flexibility index (Phi) is 7.06. The normalized spacial score (nSPS) is 11.8. The van der Waals surface area contributed by atoms with E-state index in [-0.39, 0.29) is 0 Å². The van der Waals surface area contributed by atoms with Crippen LogP contribution in [0.2, 0.25) is 5.15 Å². The SMILES string of the molecule is CCC(CC)c1cc(CNC(=NC)NCc2ccc(Cl)nc2)on1. The highest BCUT2D eigenvalue weighted by Crippen LogP contribution is 2.22. The van der Waals surface area contributed by atoms with Gasteiger partial charge in [-0.05, 0) is 24.5 Å². The second-order valence-corrected chi connectivity index (χ2v) is 5.89. The first-order valence-electron chi connectivity index (χ1n) is 8.16. The Balaban J connectivity index is 1.84. The van der Waals surface area contributed by atoms with Gasteiger partial charge < -0.3 is 15.2 Å². The molecule has 0 aromatic carbocycles. The van der Waals surface area contributed by atoms with Gasteiger partial charge in [0.05, 0.1) is 12.2 Å². The summed E-state index contributed by atoms with van der Waals surface area (Å²) in [5.41, 5.74) is 2.05. The number of guanidine groups is 1. The molecule has 6 nitrogen and oxygen atoms in total. The molecule has 2 aromatic rings. The fourth-order valence-electron chi connectivity index (χ4n) is 2.40. The molecule has 7 heteroatoms. The molecular weight excluding hydrogens is 326 g/mol. The molecule has 0 aliphatic heterocycles. The summed E-state index contributed by atoms with van der Waals surface area (Å²) >= 11 is 5.78. The van der Waals surface area contributed by atoms with Crippen LogP contribution in [0.4, 0.5) is 0 Å². The van der Waals surface area contributed by atoms with Crippen molar-refractivity contribution in [1.82, 2.24) is 20.8 Å². The van der Waals surface area contributed by atoms with Crippen molar-refractivity contribution in [2.24, 2.45) is 4.99 Å². The van der Waals surface area contributed by atoms with Crippen LogP contribution in [0.5, 0.6) is 0 Å². The Morgan fingerprint density at radius 1 is 1.25 bits per heavy atom. The molecule has 24 heavy (non-hydrogen) atoms. The largest absolute Gasteiger partial charge is 0.359 e. The van der Waals surface area contributed by atoms with E-state index in [1.165, 1.54) is 0 Å². The minimum Gasteiger partial charge on any atom is -0.359 e. The van der Waals surface area contributed by atoms with Crippen LogP contribution in [0, 0.1) is 0 Å². The number of nitrogens with zero attached hydrogens (tertiary/aromatic N) is 3. The minimum atomic E-state index is 0.456. The maximum Gasteiger partial charge on any atom is 0.191 e. The average Bonchev–Trinajstić information content (AvgIpc) is 3.06. The summed E-state index contributed by atoms with van der Waals surface area (Å²) in [5.74, 6) is 1.94. The van der Waals surface area contributed by atoms with Gasteiger partial charge in [0.15, 0.2) is 11.7 Å². The van der Waals surface area contributed by atoms with E-state index in [1.807, 2.05) is 12.1 Å². The molecule has 0 saturated heterocycles. The fourth-order valence-corrected chi connectivity index (χ4v) is 2.51. The lowest BCUT2D eigenvalue weighted by Crippen LogP contribution is -2.36. The van der Waals surface area contributed by atoms with E-state index in [9.17, 15) is 0 Å². The van der Waals surface area contributed by atoms with Crippen LogP contribution >= 0.6 is 11.6 Å². The van der Waals surface area contributed by atoms with Gasteiger partial charge in [0.2, 0.25) is 0 Å². The van der Waals surface area contributed by atoms with Crippen molar-refractivity contribution >= 4 is 17.6 Å². The zero-order valence-corrected chi connectivity index (χ0v) is 15.1. The van der Waals surface area contributed by atoms with E-state index in [1.54, 1.807) is 19.3 Å². The molecule has 0 amide bonds. The molecule has 0 aliphatic carbocycles. The van der Waals surface area contributed by atoms with Crippen molar-refractivity contribution < 1.29 is 4.52 Å². The van der Waals surface area contributed by atoms with Crippen molar-refractivity contribution in [3.05, 3.63) is 46.6 Å². The number of hydrogen-bond donors (Lipinski definition) is 2. The summed E-state index contributed by atoms with van der Waals surface area (Å²) in [7, 11) is 1.73. The van der Waals surface area contributed by atoms with Crippen molar-refractivity contribution in [1.29, 1.82) is 0 Å². The smallest absolute Gasteiger partial charge is 0.191 e. The lowest BCUT2D eigenvalue weighted by molar-refractivity contribution is 0.368. The van der Waals surface area contributed by atoms with Gasteiger partial charge in [-0.25, -0.2) is 4.98 Å². The van der Waals surface area contributed by atoms with Crippen molar-refractivity contribution in [3.8, 4) is 0 Å². The highest BCUT2D eigenvalue weighted by Gasteiger charge is 2.13. The summed E-state index contributed by atoms with van der Waals surface area (Å²) in [6, 6.07) is 5.71. The fraction of sp³-hybridized carbons (Fsp3) is 0.471. The van der Waals surface area contributed by atoms with E-state index in [0.717, 1.165) is 29.9 Å². The summed E-state index contributed by atoms with van der Waals surface area (Å²) in [4.78, 5) is 8.25. The van der Waals surface area contributed by atoms with Gasteiger partial charge in [0.1, 0.15) is 5.15 Å². The van der Waals surface area contributed by atoms with Gasteiger partial charge in [-0.15, -0.1) is 0 Å². The average molecular weight is 350 g/mol. The first-order chi connectivity index (χ1) is 11.7. The molecule has 0 radical (unpaired) electrons. The van der Waals surface area contributed by atoms with Crippen molar-refractivity contribution in [3.63, 3.8) is 0 Å². The van der Waals surface area contributed by atoms with E-state index in [2.05, 4.69) is 39.6 Å². The number of hydrogen-bond acceptors (Lipinski definition) is 4. The monoisotopic (exact) mass is 349 g/mol. The number of aromatic nitrogens is 2. The zero-order valence-electron chi connectivity index (χ0n) is 14.3. The molecular formula is C17H24ClN5O. The highest BCUT2D eigenvalue weighted by atomic mass is 35.5. The lowest BCUT2D eigenvalue weighted by atomic mass is 9.99. The van der Waals surface area contributed by atoms with Crippen LogP contribution in [0.15, 0.2) is 33.9 Å². The van der Waals surface area contributed by atoms with Gasteiger partial charge in [-0.2, -0.15) is 0 Å². The summed E-state index contributed by atoms with van der Waals surface area (Å²) in [5, 5.41) is 11.1. The standard InChI is InChI=1S/C17H24ClN5O/c1-4-13(5-2)15-8-14(24-23-15)11-22-17(19-3)21-10-12-6-7-16(18)20-9-12/h6-9,13H,4-5,10-11H2,1-3H3,(H2,19,21,22). The number of halogens is 1. The van der Waals surface area contributed by atoms with Crippen molar-refractivity contribution in [2.75, 3.05) is 7.05 Å². The Morgan fingerprint density at radius 3 is 2.62 bits per heavy atom. The molecule has 0 spiro atoms. The van der Waals surface area contributed by atoms with Crippen LogP contribution < -0.4 is 10.6 Å². The number of nitrogens with one attached hydrogen (secondary N) is 2. The Bertz CT molecular complexity index is 649. The van der Waals surface area contributed by atoms with Gasteiger partial charge in [-0.3, -0.25) is 4.99 Å². The Morgan fingerprint density at radius 2 is 2.00 bits per heavy atom.